The summed E-state index contributed by atoms with van der Waals surface area (Å²) in [4.78, 5) is 13.1. The number of aryl methyl sites for hydroxylation is 1. The van der Waals surface area contributed by atoms with Crippen LogP contribution in [0, 0.1) is 6.92 Å². The van der Waals surface area contributed by atoms with Crippen molar-refractivity contribution >= 4 is 35.8 Å². The average molecular weight is 424 g/mol. The molecule has 0 saturated heterocycles. The molecule has 2 aromatic rings. The van der Waals surface area contributed by atoms with Gasteiger partial charge in [-0.25, -0.2) is 4.79 Å². The number of carboxylic acids is 1. The highest BCUT2D eigenvalue weighted by Gasteiger charge is 2.39. The summed E-state index contributed by atoms with van der Waals surface area (Å²) in [6.07, 6.45) is 0. The Balaban J connectivity index is 2.75. The minimum atomic E-state index is -3.51. The van der Waals surface area contributed by atoms with Crippen LogP contribution < -0.4 is 9.97 Å². The van der Waals surface area contributed by atoms with Crippen LogP contribution >= 0.6 is 18.9 Å². The molecule has 0 saturated carbocycles. The van der Waals surface area contributed by atoms with E-state index in [0.717, 1.165) is 10.4 Å². The van der Waals surface area contributed by atoms with E-state index in [-0.39, 0.29) is 22.9 Å². The molecule has 0 spiro atoms. The van der Waals surface area contributed by atoms with Gasteiger partial charge in [0.1, 0.15) is 4.88 Å². The average Bonchev–Trinajstić information content (AvgIpc) is 3.00. The first-order valence-electron chi connectivity index (χ1n) is 9.41. The highest BCUT2D eigenvalue weighted by molar-refractivity contribution is 7.68. The second-order valence-electron chi connectivity index (χ2n) is 8.09. The van der Waals surface area contributed by atoms with Gasteiger partial charge in [-0.1, -0.05) is 38.5 Å². The van der Waals surface area contributed by atoms with Crippen LogP contribution in [-0.4, -0.2) is 23.7 Å². The standard InChI is InChI=1S/C21H30NO4PS/c1-8-26-27(25,16-11-9-15(4)10-12-16)22(14(2)3)17-13-18(21(5,6)7)28-19(17)20(23)24/h9-14H,8H2,1-7H3,(H,23,24). The molecule has 154 valence electrons. The maximum atomic E-state index is 14.2. The second-order valence-corrected chi connectivity index (χ2v) is 11.4. The van der Waals surface area contributed by atoms with Crippen LogP contribution in [0.5, 0.6) is 0 Å². The molecule has 1 N–H and O–H groups in total. The predicted octanol–water partition coefficient (Wildman–Crippen LogP) is 5.82. The number of aromatic carboxylic acids is 1. The van der Waals surface area contributed by atoms with Gasteiger partial charge in [-0.15, -0.1) is 11.3 Å². The number of carbonyl (C=O) groups is 1. The van der Waals surface area contributed by atoms with Gasteiger partial charge >= 0.3 is 13.5 Å². The monoisotopic (exact) mass is 423 g/mol. The third-order valence-corrected chi connectivity index (χ3v) is 8.67. The molecule has 28 heavy (non-hydrogen) atoms. The molecule has 1 atom stereocenters. The quantitative estimate of drug-likeness (QED) is 0.568. The van der Waals surface area contributed by atoms with Gasteiger partial charge in [0, 0.05) is 10.9 Å². The Labute approximate surface area is 171 Å². The molecule has 1 heterocycles. The van der Waals surface area contributed by atoms with Crippen LogP contribution in [0.4, 0.5) is 5.69 Å². The molecule has 1 aromatic heterocycles. The zero-order valence-corrected chi connectivity index (χ0v) is 19.4. The fraction of sp³-hybridized carbons (Fsp3) is 0.476. The number of thiophene rings is 1. The highest BCUT2D eigenvalue weighted by atomic mass is 32.1. The molecule has 0 radical (unpaired) electrons. The van der Waals surface area contributed by atoms with Crippen LogP contribution in [0.25, 0.3) is 0 Å². The molecule has 0 bridgehead atoms. The Bertz CT molecular complexity index is 881. The van der Waals surface area contributed by atoms with Crippen LogP contribution in [0.3, 0.4) is 0 Å². The smallest absolute Gasteiger partial charge is 0.348 e. The van der Waals surface area contributed by atoms with E-state index in [1.54, 1.807) is 23.7 Å². The Morgan fingerprint density at radius 2 is 1.82 bits per heavy atom. The lowest BCUT2D eigenvalue weighted by atomic mass is 9.94. The largest absolute Gasteiger partial charge is 0.477 e. The molecular formula is C21H30NO4PS. The zero-order chi connectivity index (χ0) is 21.3. The number of nitrogens with zero attached hydrogens (tertiary/aromatic N) is 1. The van der Waals surface area contributed by atoms with Crippen molar-refractivity contribution in [2.45, 2.75) is 59.9 Å². The van der Waals surface area contributed by atoms with E-state index < -0.39 is 13.5 Å². The van der Waals surface area contributed by atoms with Crippen LogP contribution in [-0.2, 0) is 14.5 Å². The van der Waals surface area contributed by atoms with Crippen molar-refractivity contribution in [3.63, 3.8) is 0 Å². The number of benzene rings is 1. The summed E-state index contributed by atoms with van der Waals surface area (Å²) < 4.78 is 21.7. The fourth-order valence-electron chi connectivity index (χ4n) is 2.97. The van der Waals surface area contributed by atoms with Crippen molar-refractivity contribution < 1.29 is 19.0 Å². The molecule has 5 nitrogen and oxygen atoms in total. The van der Waals surface area contributed by atoms with E-state index >= 15 is 0 Å². The Morgan fingerprint density at radius 3 is 2.25 bits per heavy atom. The minimum Gasteiger partial charge on any atom is -0.477 e. The minimum absolute atomic E-state index is 0.186. The Kier molecular flexibility index (Phi) is 6.80. The highest BCUT2D eigenvalue weighted by Crippen LogP contribution is 2.55. The summed E-state index contributed by atoms with van der Waals surface area (Å²) in [5, 5.41) is 10.4. The molecule has 1 unspecified atom stereocenters. The van der Waals surface area contributed by atoms with Gasteiger partial charge in [0.2, 0.25) is 0 Å². The maximum absolute atomic E-state index is 14.2. The molecule has 0 aliphatic carbocycles. The fourth-order valence-corrected chi connectivity index (χ4v) is 6.53. The lowest BCUT2D eigenvalue weighted by Crippen LogP contribution is -2.34. The summed E-state index contributed by atoms with van der Waals surface area (Å²) in [5.74, 6) is -1.02. The summed E-state index contributed by atoms with van der Waals surface area (Å²) in [6.45, 7) is 13.9. The lowest BCUT2D eigenvalue weighted by molar-refractivity contribution is 0.0703. The van der Waals surface area contributed by atoms with Crippen LogP contribution in [0.15, 0.2) is 30.3 Å². The van der Waals surface area contributed by atoms with E-state index in [2.05, 4.69) is 0 Å². The molecule has 7 heteroatoms. The molecule has 0 aliphatic rings. The topological polar surface area (TPSA) is 66.8 Å². The van der Waals surface area contributed by atoms with Crippen molar-refractivity contribution in [1.29, 1.82) is 0 Å². The third kappa shape index (κ3) is 4.51. The SMILES string of the molecule is CCOP(=O)(c1ccc(C)cc1)N(c1cc(C(C)(C)C)sc1C(=O)O)C(C)C. The first kappa shape index (κ1) is 22.7. The normalized spacial score (nSPS) is 14.1. The first-order chi connectivity index (χ1) is 12.9. The summed E-state index contributed by atoms with van der Waals surface area (Å²) in [5.41, 5.74) is 1.30. The van der Waals surface area contributed by atoms with E-state index in [9.17, 15) is 14.5 Å². The van der Waals surface area contributed by atoms with Gasteiger partial charge in [-0.05, 0) is 51.3 Å². The third-order valence-electron chi connectivity index (χ3n) is 4.33. The van der Waals surface area contributed by atoms with Crippen molar-refractivity contribution in [3.05, 3.63) is 45.6 Å². The van der Waals surface area contributed by atoms with Gasteiger partial charge in [0.05, 0.1) is 17.6 Å². The number of anilines is 1. The summed E-state index contributed by atoms with van der Waals surface area (Å²) in [7, 11) is -3.51. The van der Waals surface area contributed by atoms with Crippen LogP contribution in [0.1, 0.15) is 61.7 Å². The van der Waals surface area contributed by atoms with Crippen molar-refractivity contribution in [3.8, 4) is 0 Å². The van der Waals surface area contributed by atoms with E-state index in [0.29, 0.717) is 11.0 Å². The molecule has 0 fully saturated rings. The Hall–Kier alpha value is -1.62. The Morgan fingerprint density at radius 1 is 1.25 bits per heavy atom. The number of rotatable bonds is 7. The summed E-state index contributed by atoms with van der Waals surface area (Å²) in [6, 6.07) is 9.03. The van der Waals surface area contributed by atoms with Gasteiger partial charge in [-0.3, -0.25) is 9.24 Å². The maximum Gasteiger partial charge on any atom is 0.348 e. The van der Waals surface area contributed by atoms with Crippen molar-refractivity contribution in [1.82, 2.24) is 0 Å². The van der Waals surface area contributed by atoms with E-state index in [4.69, 9.17) is 4.52 Å². The van der Waals surface area contributed by atoms with Crippen molar-refractivity contribution in [2.75, 3.05) is 11.3 Å². The predicted molar refractivity (Wildman–Crippen MR) is 118 cm³/mol. The summed E-state index contributed by atoms with van der Waals surface area (Å²) >= 11 is 1.23. The zero-order valence-electron chi connectivity index (χ0n) is 17.6. The molecular weight excluding hydrogens is 393 g/mol. The first-order valence-corrected chi connectivity index (χ1v) is 11.8. The van der Waals surface area contributed by atoms with Gasteiger partial charge in [0.25, 0.3) is 0 Å². The number of hydrogen-bond acceptors (Lipinski definition) is 4. The number of carboxylic acid groups (broad SMARTS) is 1. The van der Waals surface area contributed by atoms with Gasteiger partial charge < -0.3 is 9.63 Å². The van der Waals surface area contributed by atoms with E-state index in [1.807, 2.05) is 59.7 Å². The number of hydrogen-bond donors (Lipinski definition) is 1. The van der Waals surface area contributed by atoms with E-state index in [1.165, 1.54) is 11.3 Å². The molecule has 0 aliphatic heterocycles. The molecule has 0 amide bonds. The lowest BCUT2D eigenvalue weighted by Gasteiger charge is -2.36. The second kappa shape index (κ2) is 8.40. The molecule has 1 aromatic carbocycles. The van der Waals surface area contributed by atoms with Gasteiger partial charge in [-0.2, -0.15) is 0 Å². The molecule has 2 rings (SSSR count). The van der Waals surface area contributed by atoms with Crippen molar-refractivity contribution in [2.24, 2.45) is 0 Å². The van der Waals surface area contributed by atoms with Gasteiger partial charge in [0.15, 0.2) is 0 Å². The van der Waals surface area contributed by atoms with Crippen LogP contribution in [0.2, 0.25) is 0 Å².